The summed E-state index contributed by atoms with van der Waals surface area (Å²) in [7, 11) is 1.90. The number of aromatic nitrogens is 2. The highest BCUT2D eigenvalue weighted by molar-refractivity contribution is 5.95. The Hall–Kier alpha value is -2.67. The minimum absolute atomic E-state index is 0.00446. The molecule has 2 amide bonds. The third kappa shape index (κ3) is 4.34. The van der Waals surface area contributed by atoms with Crippen molar-refractivity contribution in [3.8, 4) is 0 Å². The monoisotopic (exact) mass is 396 g/mol. The van der Waals surface area contributed by atoms with Crippen LogP contribution in [-0.4, -0.2) is 58.3 Å². The van der Waals surface area contributed by atoms with Crippen molar-refractivity contribution in [2.45, 2.75) is 37.7 Å². The molecule has 0 N–H and O–H groups in total. The van der Waals surface area contributed by atoms with Gasteiger partial charge in [0.15, 0.2) is 0 Å². The number of amides is 2. The van der Waals surface area contributed by atoms with Gasteiger partial charge in [0, 0.05) is 44.1 Å². The summed E-state index contributed by atoms with van der Waals surface area (Å²) in [6.45, 7) is 2.06. The zero-order chi connectivity index (χ0) is 20.3. The van der Waals surface area contributed by atoms with Crippen LogP contribution in [-0.2, 0) is 27.8 Å². The summed E-state index contributed by atoms with van der Waals surface area (Å²) >= 11 is 0. The Balaban J connectivity index is 1.38. The Kier molecular flexibility index (Phi) is 5.67. The number of rotatable bonds is 4. The van der Waals surface area contributed by atoms with Crippen LogP contribution in [0.2, 0.25) is 0 Å². The van der Waals surface area contributed by atoms with Gasteiger partial charge >= 0.3 is 0 Å². The topological polar surface area (TPSA) is 67.7 Å². The number of para-hydroxylation sites is 1. The first-order chi connectivity index (χ1) is 14.1. The summed E-state index contributed by atoms with van der Waals surface area (Å²) < 4.78 is 7.89. The summed E-state index contributed by atoms with van der Waals surface area (Å²) in [5, 5.41) is 4.16. The van der Waals surface area contributed by atoms with Gasteiger partial charge in [-0.1, -0.05) is 18.2 Å². The third-order valence-corrected chi connectivity index (χ3v) is 6.08. The van der Waals surface area contributed by atoms with E-state index >= 15 is 0 Å². The lowest BCUT2D eigenvalue weighted by Crippen LogP contribution is -2.55. The van der Waals surface area contributed by atoms with Gasteiger partial charge < -0.3 is 14.5 Å². The van der Waals surface area contributed by atoms with E-state index in [1.807, 2.05) is 57.9 Å². The number of anilines is 1. The first-order valence-electron chi connectivity index (χ1n) is 10.3. The second kappa shape index (κ2) is 8.37. The Morgan fingerprint density at radius 3 is 2.76 bits per heavy atom. The third-order valence-electron chi connectivity index (χ3n) is 6.08. The van der Waals surface area contributed by atoms with Crippen LogP contribution >= 0.6 is 0 Å². The molecule has 0 bridgehead atoms. The largest absolute Gasteiger partial charge is 0.363 e. The van der Waals surface area contributed by atoms with Gasteiger partial charge in [-0.15, -0.1) is 0 Å². The number of carbonyl (C=O) groups excluding carboxylic acids is 2. The molecule has 3 heterocycles. The van der Waals surface area contributed by atoms with Crippen molar-refractivity contribution in [2.75, 3.05) is 31.1 Å². The maximum atomic E-state index is 12.8. The highest BCUT2D eigenvalue weighted by Crippen LogP contribution is 2.33. The molecule has 2 aliphatic heterocycles. The van der Waals surface area contributed by atoms with Gasteiger partial charge in [-0.2, -0.15) is 5.10 Å². The van der Waals surface area contributed by atoms with Crippen molar-refractivity contribution in [3.63, 3.8) is 0 Å². The molecule has 2 fully saturated rings. The van der Waals surface area contributed by atoms with Gasteiger partial charge in [-0.3, -0.25) is 14.3 Å². The predicted octanol–water partition coefficient (Wildman–Crippen LogP) is 2.17. The molecular formula is C22H28N4O3. The van der Waals surface area contributed by atoms with Crippen molar-refractivity contribution in [3.05, 3.63) is 48.3 Å². The number of likely N-dealkylation sites (tertiary alicyclic amines) is 1. The lowest BCUT2D eigenvalue weighted by Gasteiger charge is -2.42. The summed E-state index contributed by atoms with van der Waals surface area (Å²) in [5.74, 6) is 0.172. The number of benzene rings is 1. The van der Waals surface area contributed by atoms with Crippen LogP contribution in [0.3, 0.4) is 0 Å². The van der Waals surface area contributed by atoms with Crippen molar-refractivity contribution < 1.29 is 14.3 Å². The molecule has 4 rings (SSSR count). The predicted molar refractivity (Wildman–Crippen MR) is 109 cm³/mol. The Labute approximate surface area is 171 Å². The second-order valence-corrected chi connectivity index (χ2v) is 7.97. The summed E-state index contributed by atoms with van der Waals surface area (Å²) in [4.78, 5) is 29.0. The van der Waals surface area contributed by atoms with E-state index in [1.54, 1.807) is 6.20 Å². The second-order valence-electron chi connectivity index (χ2n) is 7.97. The summed E-state index contributed by atoms with van der Waals surface area (Å²) in [5.41, 5.74) is 1.60. The number of morpholine rings is 1. The van der Waals surface area contributed by atoms with Crippen LogP contribution in [0, 0.1) is 0 Å². The van der Waals surface area contributed by atoms with Crippen LogP contribution in [0.4, 0.5) is 5.69 Å². The Bertz CT molecular complexity index is 866. The zero-order valence-corrected chi connectivity index (χ0v) is 16.9. The van der Waals surface area contributed by atoms with Gasteiger partial charge in [-0.25, -0.2) is 0 Å². The number of aryl methyl sites for hydroxylation is 2. The standard InChI is InChI=1S/C22H28N4O3/c1-24-18(10-13-23-24)8-9-20(27)25-14-5-11-22(12-15-25)17-26(21(28)16-29-22)19-6-3-2-4-7-19/h2-4,6-7,10,13H,5,8-9,11-12,14-17H2,1H3. The molecule has 2 aliphatic rings. The maximum Gasteiger partial charge on any atom is 0.253 e. The molecule has 154 valence electrons. The van der Waals surface area contributed by atoms with Crippen LogP contribution in [0.1, 0.15) is 31.4 Å². The summed E-state index contributed by atoms with van der Waals surface area (Å²) in [6.07, 6.45) is 5.44. The molecule has 29 heavy (non-hydrogen) atoms. The van der Waals surface area contributed by atoms with E-state index < -0.39 is 0 Å². The lowest BCUT2D eigenvalue weighted by atomic mass is 9.92. The Morgan fingerprint density at radius 2 is 2.00 bits per heavy atom. The zero-order valence-electron chi connectivity index (χ0n) is 16.9. The molecule has 1 aromatic heterocycles. The minimum atomic E-state index is -0.374. The lowest BCUT2D eigenvalue weighted by molar-refractivity contribution is -0.141. The van der Waals surface area contributed by atoms with Crippen LogP contribution in [0.15, 0.2) is 42.6 Å². The molecule has 0 aliphatic carbocycles. The molecule has 7 nitrogen and oxygen atoms in total. The quantitative estimate of drug-likeness (QED) is 0.794. The van der Waals surface area contributed by atoms with Crippen molar-refractivity contribution >= 4 is 17.5 Å². The molecule has 1 unspecified atom stereocenters. The molecule has 1 atom stereocenters. The molecule has 2 saturated heterocycles. The maximum absolute atomic E-state index is 12.8. The molecule has 1 aromatic carbocycles. The minimum Gasteiger partial charge on any atom is -0.363 e. The van der Waals surface area contributed by atoms with E-state index in [9.17, 15) is 9.59 Å². The van der Waals surface area contributed by atoms with E-state index in [2.05, 4.69) is 5.10 Å². The first-order valence-corrected chi connectivity index (χ1v) is 10.3. The van der Waals surface area contributed by atoms with Gasteiger partial charge in [0.1, 0.15) is 6.61 Å². The van der Waals surface area contributed by atoms with Crippen LogP contribution in [0.5, 0.6) is 0 Å². The molecular weight excluding hydrogens is 368 g/mol. The van der Waals surface area contributed by atoms with Crippen LogP contribution in [0.25, 0.3) is 0 Å². The van der Waals surface area contributed by atoms with Crippen LogP contribution < -0.4 is 4.90 Å². The fourth-order valence-corrected chi connectivity index (χ4v) is 4.32. The fraction of sp³-hybridized carbons (Fsp3) is 0.500. The SMILES string of the molecule is Cn1nccc1CCC(=O)N1CCCC2(CC1)CN(c1ccccc1)C(=O)CO2. The average molecular weight is 396 g/mol. The first kappa shape index (κ1) is 19.6. The molecule has 1 spiro atoms. The number of hydrogen-bond acceptors (Lipinski definition) is 4. The number of carbonyl (C=O) groups is 2. The number of nitrogens with zero attached hydrogens (tertiary/aromatic N) is 4. The highest BCUT2D eigenvalue weighted by atomic mass is 16.5. The Morgan fingerprint density at radius 1 is 1.17 bits per heavy atom. The molecule has 0 saturated carbocycles. The van der Waals surface area contributed by atoms with E-state index in [0.29, 0.717) is 25.9 Å². The van der Waals surface area contributed by atoms with Gasteiger partial charge in [-0.05, 0) is 43.9 Å². The van der Waals surface area contributed by atoms with Crippen molar-refractivity contribution in [1.82, 2.24) is 14.7 Å². The summed E-state index contributed by atoms with van der Waals surface area (Å²) in [6, 6.07) is 11.7. The fourth-order valence-electron chi connectivity index (χ4n) is 4.32. The van der Waals surface area contributed by atoms with E-state index in [-0.39, 0.29) is 24.0 Å². The van der Waals surface area contributed by atoms with E-state index in [0.717, 1.165) is 37.2 Å². The van der Waals surface area contributed by atoms with Gasteiger partial charge in [0.2, 0.25) is 5.91 Å². The number of ether oxygens (including phenoxy) is 1. The van der Waals surface area contributed by atoms with E-state index in [4.69, 9.17) is 4.74 Å². The number of hydrogen-bond donors (Lipinski definition) is 0. The molecule has 2 aromatic rings. The van der Waals surface area contributed by atoms with Gasteiger partial charge in [0.25, 0.3) is 5.91 Å². The normalized spacial score (nSPS) is 22.7. The van der Waals surface area contributed by atoms with Gasteiger partial charge in [0.05, 0.1) is 12.1 Å². The smallest absolute Gasteiger partial charge is 0.253 e. The average Bonchev–Trinajstić information content (AvgIpc) is 3.04. The van der Waals surface area contributed by atoms with Crippen molar-refractivity contribution in [2.24, 2.45) is 7.05 Å². The highest BCUT2D eigenvalue weighted by Gasteiger charge is 2.41. The van der Waals surface area contributed by atoms with Crippen molar-refractivity contribution in [1.29, 1.82) is 0 Å². The molecule has 7 heteroatoms. The molecule has 0 radical (unpaired) electrons. The van der Waals surface area contributed by atoms with E-state index in [1.165, 1.54) is 0 Å².